The Balaban J connectivity index is 2.06. The van der Waals surface area contributed by atoms with Gasteiger partial charge < -0.3 is 19.9 Å². The van der Waals surface area contributed by atoms with Gasteiger partial charge >= 0.3 is 5.97 Å². The molecule has 2 aromatic carbocycles. The van der Waals surface area contributed by atoms with Gasteiger partial charge in [-0.05, 0) is 28.8 Å². The zero-order valence-corrected chi connectivity index (χ0v) is 13.1. The number of carboxylic acids is 1. The molecular weight excluding hydrogens is 322 g/mol. The van der Waals surface area contributed by atoms with E-state index in [1.165, 1.54) is 17.0 Å². The van der Waals surface area contributed by atoms with Crippen molar-refractivity contribution in [2.24, 2.45) is 0 Å². The fourth-order valence-corrected chi connectivity index (χ4v) is 2.67. The van der Waals surface area contributed by atoms with Crippen LogP contribution in [0.1, 0.15) is 15.9 Å². The lowest BCUT2D eigenvalue weighted by molar-refractivity contribution is 0.0694. The lowest BCUT2D eigenvalue weighted by atomic mass is 9.99. The second kappa shape index (κ2) is 6.52. The molecule has 0 atom stereocenters. The Morgan fingerprint density at radius 1 is 1.00 bits per heavy atom. The number of pyridine rings is 1. The fraction of sp³-hybridized carbons (Fsp3) is 0.0526. The molecule has 0 amide bonds. The molecule has 0 aliphatic rings. The van der Waals surface area contributed by atoms with Crippen molar-refractivity contribution in [2.45, 2.75) is 6.54 Å². The zero-order valence-electron chi connectivity index (χ0n) is 13.1. The number of hydrogen-bond acceptors (Lipinski definition) is 4. The number of aromatic nitrogens is 1. The topological polar surface area (TPSA) is 99.8 Å². The highest BCUT2D eigenvalue weighted by molar-refractivity contribution is 5.87. The predicted molar refractivity (Wildman–Crippen MR) is 92.0 cm³/mol. The van der Waals surface area contributed by atoms with Crippen LogP contribution < -0.4 is 5.43 Å². The van der Waals surface area contributed by atoms with Gasteiger partial charge in [-0.1, -0.05) is 36.4 Å². The number of phenolic OH excluding ortho intramolecular Hbond substituents is 1. The number of aromatic carboxylic acids is 1. The molecule has 0 spiro atoms. The Kier molecular flexibility index (Phi) is 4.26. The summed E-state index contributed by atoms with van der Waals surface area (Å²) < 4.78 is 1.45. The van der Waals surface area contributed by atoms with Crippen molar-refractivity contribution < 1.29 is 20.1 Å². The minimum Gasteiger partial charge on any atom is -0.508 e. The highest BCUT2D eigenvalue weighted by atomic mass is 16.4. The monoisotopic (exact) mass is 337 g/mol. The van der Waals surface area contributed by atoms with Crippen LogP contribution in [0.25, 0.3) is 11.1 Å². The minimum absolute atomic E-state index is 0.140. The number of carboxylic acid groups (broad SMARTS) is 1. The number of benzene rings is 2. The van der Waals surface area contributed by atoms with Crippen LogP contribution in [0.2, 0.25) is 0 Å². The Hall–Kier alpha value is -3.54. The van der Waals surface area contributed by atoms with Gasteiger partial charge in [0.1, 0.15) is 11.3 Å². The summed E-state index contributed by atoms with van der Waals surface area (Å²) in [6.07, 6.45) is 2.40. The molecule has 6 heteroatoms. The maximum Gasteiger partial charge on any atom is 0.341 e. The van der Waals surface area contributed by atoms with Gasteiger partial charge in [-0.3, -0.25) is 4.79 Å². The van der Waals surface area contributed by atoms with Crippen molar-refractivity contribution >= 4 is 5.97 Å². The third-order valence-corrected chi connectivity index (χ3v) is 3.82. The highest BCUT2D eigenvalue weighted by Gasteiger charge is 2.14. The SMILES string of the molecule is O=C(O)c1cn(Cc2ccccc2-c2cccc(O)c2)cc(O)c1=O. The first-order valence-electron chi connectivity index (χ1n) is 7.49. The lowest BCUT2D eigenvalue weighted by Crippen LogP contribution is -2.17. The van der Waals surface area contributed by atoms with Gasteiger partial charge in [0.15, 0.2) is 5.75 Å². The Bertz CT molecular complexity index is 1010. The summed E-state index contributed by atoms with van der Waals surface area (Å²) in [6, 6.07) is 14.2. The Morgan fingerprint density at radius 2 is 1.76 bits per heavy atom. The summed E-state index contributed by atoms with van der Waals surface area (Å²) in [5.41, 5.74) is 1.10. The van der Waals surface area contributed by atoms with Crippen molar-refractivity contribution in [1.82, 2.24) is 4.57 Å². The molecule has 3 N–H and O–H groups in total. The van der Waals surface area contributed by atoms with Crippen LogP contribution in [-0.2, 0) is 6.54 Å². The van der Waals surface area contributed by atoms with Crippen molar-refractivity contribution in [3.63, 3.8) is 0 Å². The average Bonchev–Trinajstić information content (AvgIpc) is 2.58. The number of phenols is 1. The first-order chi connectivity index (χ1) is 12.0. The molecule has 6 nitrogen and oxygen atoms in total. The summed E-state index contributed by atoms with van der Waals surface area (Å²) in [5, 5.41) is 28.5. The summed E-state index contributed by atoms with van der Waals surface area (Å²) >= 11 is 0. The Morgan fingerprint density at radius 3 is 2.48 bits per heavy atom. The highest BCUT2D eigenvalue weighted by Crippen LogP contribution is 2.27. The number of nitrogens with zero attached hydrogens (tertiary/aromatic N) is 1. The third kappa shape index (κ3) is 3.37. The molecule has 0 aliphatic heterocycles. The van der Waals surface area contributed by atoms with Crippen LogP contribution in [0.3, 0.4) is 0 Å². The third-order valence-electron chi connectivity index (χ3n) is 3.82. The molecule has 3 aromatic rings. The van der Waals surface area contributed by atoms with Crippen LogP contribution in [0.15, 0.2) is 65.7 Å². The van der Waals surface area contributed by atoms with Crippen LogP contribution in [0.5, 0.6) is 11.5 Å². The second-order valence-corrected chi connectivity index (χ2v) is 5.57. The van der Waals surface area contributed by atoms with Crippen LogP contribution in [0, 0.1) is 0 Å². The maximum atomic E-state index is 11.7. The van der Waals surface area contributed by atoms with Gasteiger partial charge in [0, 0.05) is 12.7 Å². The van der Waals surface area contributed by atoms with E-state index in [0.29, 0.717) is 0 Å². The molecule has 3 rings (SSSR count). The van der Waals surface area contributed by atoms with Crippen LogP contribution >= 0.6 is 0 Å². The minimum atomic E-state index is -1.39. The van der Waals surface area contributed by atoms with Crippen molar-refractivity contribution in [3.05, 3.63) is 82.3 Å². The molecule has 0 aliphatic carbocycles. The van der Waals surface area contributed by atoms with Crippen molar-refractivity contribution in [3.8, 4) is 22.6 Å². The largest absolute Gasteiger partial charge is 0.508 e. The molecule has 0 radical (unpaired) electrons. The van der Waals surface area contributed by atoms with Gasteiger partial charge in [0.25, 0.3) is 0 Å². The van der Waals surface area contributed by atoms with E-state index in [2.05, 4.69) is 0 Å². The molecule has 1 heterocycles. The van der Waals surface area contributed by atoms with E-state index in [0.717, 1.165) is 16.7 Å². The molecule has 126 valence electrons. The fourth-order valence-electron chi connectivity index (χ4n) is 2.67. The lowest BCUT2D eigenvalue weighted by Gasteiger charge is -2.13. The van der Waals surface area contributed by atoms with Gasteiger partial charge in [-0.25, -0.2) is 4.79 Å². The quantitative estimate of drug-likeness (QED) is 0.680. The molecule has 0 unspecified atom stereocenters. The van der Waals surface area contributed by atoms with Gasteiger partial charge in [0.2, 0.25) is 5.43 Å². The molecule has 0 fully saturated rings. The second-order valence-electron chi connectivity index (χ2n) is 5.57. The zero-order chi connectivity index (χ0) is 18.0. The first kappa shape index (κ1) is 16.3. The van der Waals surface area contributed by atoms with Gasteiger partial charge in [0.05, 0.1) is 6.20 Å². The first-order valence-corrected chi connectivity index (χ1v) is 7.49. The van der Waals surface area contributed by atoms with E-state index >= 15 is 0 Å². The molecular formula is C19H15NO5. The van der Waals surface area contributed by atoms with Gasteiger partial charge in [-0.2, -0.15) is 0 Å². The molecule has 0 bridgehead atoms. The molecule has 0 saturated carbocycles. The number of aromatic hydroxyl groups is 2. The molecule has 1 aromatic heterocycles. The van der Waals surface area contributed by atoms with E-state index < -0.39 is 22.7 Å². The number of rotatable bonds is 4. The normalized spacial score (nSPS) is 10.6. The summed E-state index contributed by atoms with van der Waals surface area (Å²) in [4.78, 5) is 22.8. The van der Waals surface area contributed by atoms with E-state index in [9.17, 15) is 19.8 Å². The number of hydrogen-bond donors (Lipinski definition) is 3. The van der Waals surface area contributed by atoms with Crippen LogP contribution in [0.4, 0.5) is 0 Å². The van der Waals surface area contributed by atoms with E-state index in [1.54, 1.807) is 18.2 Å². The maximum absolute atomic E-state index is 11.7. The van der Waals surface area contributed by atoms with Crippen molar-refractivity contribution in [1.29, 1.82) is 0 Å². The smallest absolute Gasteiger partial charge is 0.341 e. The van der Waals surface area contributed by atoms with E-state index in [4.69, 9.17) is 5.11 Å². The van der Waals surface area contributed by atoms with Crippen molar-refractivity contribution in [2.75, 3.05) is 0 Å². The predicted octanol–water partition coefficient (Wildman–Crippen LogP) is 2.67. The van der Waals surface area contributed by atoms with Crippen LogP contribution in [-0.4, -0.2) is 25.9 Å². The number of carbonyl (C=O) groups is 1. The van der Waals surface area contributed by atoms with Gasteiger partial charge in [-0.15, -0.1) is 0 Å². The summed E-state index contributed by atoms with van der Waals surface area (Å²) in [6.45, 7) is 0.250. The summed E-state index contributed by atoms with van der Waals surface area (Å²) in [7, 11) is 0. The van der Waals surface area contributed by atoms with E-state index in [1.807, 2.05) is 30.3 Å². The standard InChI is InChI=1S/C19H15NO5/c21-14-6-3-5-12(8-14)15-7-2-1-4-13(15)9-20-10-16(19(24)25)18(23)17(22)11-20/h1-8,10-11,21-22H,9H2,(H,24,25). The summed E-state index contributed by atoms with van der Waals surface area (Å²) in [5.74, 6) is -1.87. The van der Waals surface area contributed by atoms with E-state index in [-0.39, 0.29) is 12.3 Å². The molecule has 25 heavy (non-hydrogen) atoms. The Labute approximate surface area is 142 Å². The average molecular weight is 337 g/mol. The molecule has 0 saturated heterocycles.